The van der Waals surface area contributed by atoms with Crippen molar-refractivity contribution in [3.05, 3.63) is 89.8 Å². The summed E-state index contributed by atoms with van der Waals surface area (Å²) in [5.74, 6) is 1.99. The molecule has 48 heavy (non-hydrogen) atoms. The first-order valence-electron chi connectivity index (χ1n) is 15.7. The number of carboxylic acid groups (broad SMARTS) is 1. The molecule has 0 radical (unpaired) electrons. The highest BCUT2D eigenvalue weighted by Crippen LogP contribution is 2.39. The second-order valence-corrected chi connectivity index (χ2v) is 11.8. The summed E-state index contributed by atoms with van der Waals surface area (Å²) in [6.07, 6.45) is -2.36. The van der Waals surface area contributed by atoms with Crippen LogP contribution < -0.4 is 10.2 Å². The Labute approximate surface area is 277 Å². The molecule has 5 aromatic rings. The third kappa shape index (κ3) is 7.44. The predicted molar refractivity (Wildman–Crippen MR) is 177 cm³/mol. The molecule has 0 unspecified atom stereocenters. The molecule has 1 aliphatic rings. The lowest BCUT2D eigenvalue weighted by Crippen LogP contribution is -2.31. The largest absolute Gasteiger partial charge is 0.483 e. The first-order valence-corrected chi connectivity index (χ1v) is 15.7. The smallest absolute Gasteiger partial charge is 0.290 e. The Balaban J connectivity index is 0.00000145. The summed E-state index contributed by atoms with van der Waals surface area (Å²) in [5, 5.41) is 51.0. The first kappa shape index (κ1) is 34.4. The molecule has 3 aromatic heterocycles. The van der Waals surface area contributed by atoms with E-state index in [2.05, 4.69) is 49.7 Å². The summed E-state index contributed by atoms with van der Waals surface area (Å²) in [5.41, 5.74) is 3.13. The Morgan fingerprint density at radius 3 is 2.23 bits per heavy atom. The van der Waals surface area contributed by atoms with Crippen molar-refractivity contribution in [2.75, 3.05) is 30.0 Å². The van der Waals surface area contributed by atoms with Crippen LogP contribution in [0.25, 0.3) is 11.2 Å². The second kappa shape index (κ2) is 15.8. The molecule has 6 rings (SSSR count). The van der Waals surface area contributed by atoms with Crippen molar-refractivity contribution in [2.24, 2.45) is 5.92 Å². The zero-order chi connectivity index (χ0) is 34.2. The number of hydrogen-bond donors (Lipinski definition) is 6. The van der Waals surface area contributed by atoms with Crippen molar-refractivity contribution in [3.63, 3.8) is 0 Å². The molecule has 1 saturated heterocycles. The van der Waals surface area contributed by atoms with Crippen molar-refractivity contribution in [2.45, 2.75) is 57.6 Å². The topological polar surface area (TPSA) is 208 Å². The van der Waals surface area contributed by atoms with Crippen molar-refractivity contribution in [1.29, 1.82) is 0 Å². The Kier molecular flexibility index (Phi) is 11.3. The molecule has 1 fully saturated rings. The molecule has 2 aromatic carbocycles. The summed E-state index contributed by atoms with van der Waals surface area (Å²) >= 11 is 0. The number of anilines is 2. The van der Waals surface area contributed by atoms with Gasteiger partial charge in [0.25, 0.3) is 6.47 Å². The standard InChI is InChI=1S/C32H39N9O4.CH2O2/c1-4-23-35-29(39-38-23)27-25(43)26(44)31(45-27)41-17-34-24-28(36-32(37-30(24)41)40(18-42)16-19(2)3)33-15-22(20-11-7-5-8-12-20)21-13-9-6-10-14-21;2-1-3/h5-14,17,19,22,25-27,31,42-44H,4,15-16,18H2,1-3H3,(H,33,36,37)(H,35,38,39);1H,(H,2,3)/t25-,26+,27-,31+;/m0./s1. The Hall–Kier alpha value is -4.96. The SMILES string of the molecule is CCc1nnc([C@H]2O[C@@H](n3cnc4c(NCC(c5ccccc5)c5ccccc5)nc(N(CO)CC(C)C)nc43)[C@H](O)[C@@H]2O)[nH]1.O=CO. The molecule has 6 N–H and O–H groups in total. The molecular weight excluding hydrogens is 618 g/mol. The minimum absolute atomic E-state index is 0.0124. The van der Waals surface area contributed by atoms with Gasteiger partial charge in [-0.15, -0.1) is 10.2 Å². The predicted octanol–water partition coefficient (Wildman–Crippen LogP) is 2.86. The van der Waals surface area contributed by atoms with E-state index in [1.165, 1.54) is 6.33 Å². The number of carbonyl (C=O) groups is 1. The van der Waals surface area contributed by atoms with Gasteiger partial charge in [-0.2, -0.15) is 9.97 Å². The maximum absolute atomic E-state index is 11.1. The van der Waals surface area contributed by atoms with Gasteiger partial charge in [0.1, 0.15) is 30.9 Å². The lowest BCUT2D eigenvalue weighted by Gasteiger charge is -2.24. The number of aliphatic hydroxyl groups is 3. The third-order valence-corrected chi connectivity index (χ3v) is 7.99. The number of aromatic amines is 1. The number of aromatic nitrogens is 7. The molecule has 0 spiro atoms. The monoisotopic (exact) mass is 659 g/mol. The van der Waals surface area contributed by atoms with Crippen LogP contribution in [-0.4, -0.2) is 93.6 Å². The number of ether oxygens (including phenoxy) is 1. The fraction of sp³-hybridized carbons (Fsp3) is 0.394. The molecule has 0 amide bonds. The molecule has 15 heteroatoms. The molecule has 4 heterocycles. The fourth-order valence-corrected chi connectivity index (χ4v) is 5.71. The van der Waals surface area contributed by atoms with E-state index in [1.54, 1.807) is 9.47 Å². The minimum atomic E-state index is -1.30. The van der Waals surface area contributed by atoms with Gasteiger partial charge in [-0.3, -0.25) is 9.36 Å². The highest BCUT2D eigenvalue weighted by molar-refractivity contribution is 5.84. The number of nitrogens with zero attached hydrogens (tertiary/aromatic N) is 7. The van der Waals surface area contributed by atoms with Crippen LogP contribution in [0.5, 0.6) is 0 Å². The molecular formula is C33H41N9O6. The number of imidazole rings is 1. The van der Waals surface area contributed by atoms with Crippen molar-refractivity contribution < 1.29 is 30.0 Å². The van der Waals surface area contributed by atoms with Crippen LogP contribution in [0.3, 0.4) is 0 Å². The van der Waals surface area contributed by atoms with Crippen LogP contribution in [-0.2, 0) is 16.0 Å². The number of hydrogen-bond acceptors (Lipinski definition) is 12. The van der Waals surface area contributed by atoms with Crippen LogP contribution in [0.2, 0.25) is 0 Å². The van der Waals surface area contributed by atoms with Gasteiger partial charge in [-0.1, -0.05) is 81.4 Å². The Morgan fingerprint density at radius 1 is 1.02 bits per heavy atom. The summed E-state index contributed by atoms with van der Waals surface area (Å²) in [6.45, 7) is 6.51. The normalized spacial score (nSPS) is 19.0. The van der Waals surface area contributed by atoms with Gasteiger partial charge in [0.15, 0.2) is 29.0 Å². The van der Waals surface area contributed by atoms with E-state index in [4.69, 9.17) is 24.6 Å². The third-order valence-electron chi connectivity index (χ3n) is 7.99. The van der Waals surface area contributed by atoms with E-state index in [9.17, 15) is 15.3 Å². The van der Waals surface area contributed by atoms with Crippen LogP contribution in [0.4, 0.5) is 11.8 Å². The minimum Gasteiger partial charge on any atom is -0.483 e. The van der Waals surface area contributed by atoms with Crippen LogP contribution >= 0.6 is 0 Å². The molecule has 15 nitrogen and oxygen atoms in total. The molecule has 0 bridgehead atoms. The van der Waals surface area contributed by atoms with Crippen molar-refractivity contribution in [3.8, 4) is 0 Å². The average molecular weight is 660 g/mol. The number of aliphatic hydroxyl groups excluding tert-OH is 3. The molecule has 4 atom stereocenters. The molecule has 0 aliphatic carbocycles. The quantitative estimate of drug-likeness (QED) is 0.0842. The van der Waals surface area contributed by atoms with E-state index in [1.807, 2.05) is 57.2 Å². The fourth-order valence-electron chi connectivity index (χ4n) is 5.71. The number of fused-ring (bicyclic) bond motifs is 1. The van der Waals surface area contributed by atoms with Gasteiger partial charge in [0.2, 0.25) is 5.95 Å². The van der Waals surface area contributed by atoms with Gasteiger partial charge >= 0.3 is 0 Å². The maximum atomic E-state index is 11.1. The number of benzene rings is 2. The lowest BCUT2D eigenvalue weighted by atomic mass is 9.91. The highest BCUT2D eigenvalue weighted by Gasteiger charge is 2.46. The van der Waals surface area contributed by atoms with Gasteiger partial charge in [-0.05, 0) is 17.0 Å². The number of rotatable bonds is 12. The Morgan fingerprint density at radius 2 is 1.67 bits per heavy atom. The lowest BCUT2D eigenvalue weighted by molar-refractivity contribution is -0.122. The molecule has 254 valence electrons. The summed E-state index contributed by atoms with van der Waals surface area (Å²) in [4.78, 5) is 27.4. The van der Waals surface area contributed by atoms with E-state index in [0.717, 1.165) is 11.1 Å². The average Bonchev–Trinajstić information content (AvgIpc) is 3.82. The van der Waals surface area contributed by atoms with Gasteiger partial charge < -0.3 is 40.4 Å². The molecule has 1 aliphatic heterocycles. The van der Waals surface area contributed by atoms with E-state index in [-0.39, 0.29) is 25.0 Å². The Bertz CT molecular complexity index is 1710. The number of H-pyrrole nitrogens is 1. The summed E-state index contributed by atoms with van der Waals surface area (Å²) in [6, 6.07) is 20.5. The van der Waals surface area contributed by atoms with Crippen molar-refractivity contribution in [1.82, 2.24) is 34.7 Å². The highest BCUT2D eigenvalue weighted by atomic mass is 16.6. The summed E-state index contributed by atoms with van der Waals surface area (Å²) < 4.78 is 7.76. The van der Waals surface area contributed by atoms with E-state index in [0.29, 0.717) is 54.1 Å². The van der Waals surface area contributed by atoms with Gasteiger partial charge in [-0.25, -0.2) is 4.98 Å². The van der Waals surface area contributed by atoms with E-state index < -0.39 is 24.5 Å². The second-order valence-electron chi connectivity index (χ2n) is 11.8. The van der Waals surface area contributed by atoms with Crippen LogP contribution in [0, 0.1) is 5.92 Å². The summed E-state index contributed by atoms with van der Waals surface area (Å²) in [7, 11) is 0. The maximum Gasteiger partial charge on any atom is 0.290 e. The van der Waals surface area contributed by atoms with Gasteiger partial charge in [0.05, 0.1) is 6.33 Å². The number of aryl methyl sites for hydroxylation is 1. The molecule has 0 saturated carbocycles. The zero-order valence-corrected chi connectivity index (χ0v) is 27.0. The van der Waals surface area contributed by atoms with Crippen LogP contribution in [0.1, 0.15) is 61.8 Å². The van der Waals surface area contributed by atoms with Crippen LogP contribution in [0.15, 0.2) is 67.0 Å². The number of nitrogens with one attached hydrogen (secondary N) is 2. The van der Waals surface area contributed by atoms with E-state index >= 15 is 0 Å². The first-order chi connectivity index (χ1) is 23.3. The zero-order valence-electron chi connectivity index (χ0n) is 27.0. The van der Waals surface area contributed by atoms with Crippen molar-refractivity contribution >= 4 is 29.4 Å². The van der Waals surface area contributed by atoms with Gasteiger partial charge in [0, 0.05) is 25.4 Å².